The maximum Gasteiger partial charge on any atom is 0.205 e. The summed E-state index contributed by atoms with van der Waals surface area (Å²) in [4.78, 5) is 5.53. The van der Waals surface area contributed by atoms with Crippen molar-refractivity contribution in [2.24, 2.45) is 0 Å². The van der Waals surface area contributed by atoms with Gasteiger partial charge in [0.2, 0.25) is 11.4 Å². The Kier molecular flexibility index (Phi) is 10.6. The maximum atomic E-state index is 11.3. The number of nitriles is 1. The summed E-state index contributed by atoms with van der Waals surface area (Å²) in [6.45, 7) is 4.28. The van der Waals surface area contributed by atoms with Crippen LogP contribution < -0.4 is 9.80 Å². The van der Waals surface area contributed by atoms with Crippen LogP contribution in [-0.4, -0.2) is 24.4 Å². The summed E-state index contributed by atoms with van der Waals surface area (Å²) in [7, 11) is 4.20. The fourth-order valence-corrected chi connectivity index (χ4v) is 8.84. The lowest BCUT2D eigenvalue weighted by molar-refractivity contribution is -0.403. The molecule has 0 atom stereocenters. The largest absolute Gasteiger partial charge is 0.345 e. The van der Waals surface area contributed by atoms with Gasteiger partial charge in [0.15, 0.2) is 0 Å². The van der Waals surface area contributed by atoms with Crippen LogP contribution in [0.15, 0.2) is 194 Å². The highest BCUT2D eigenvalue weighted by Crippen LogP contribution is 2.52. The highest BCUT2D eigenvalue weighted by Gasteiger charge is 2.30. The molecule has 1 aromatic heterocycles. The molecule has 0 saturated heterocycles. The lowest BCUT2D eigenvalue weighted by Crippen LogP contribution is -2.12. The van der Waals surface area contributed by atoms with Gasteiger partial charge in [0.25, 0.3) is 0 Å². The van der Waals surface area contributed by atoms with Gasteiger partial charge >= 0.3 is 0 Å². The molecule has 276 valence electrons. The number of aryl methyl sites for hydroxylation is 2. The molecule has 0 unspecified atom stereocenters. The predicted octanol–water partition coefficient (Wildman–Crippen LogP) is 13.5. The quantitative estimate of drug-likeness (QED) is 0.138. The number of hydrogen-bond donors (Lipinski definition) is 0. The fourth-order valence-electron chi connectivity index (χ4n) is 7.45. The van der Waals surface area contributed by atoms with Crippen LogP contribution in [-0.2, 0) is 0 Å². The minimum Gasteiger partial charge on any atom is -0.345 e. The van der Waals surface area contributed by atoms with Gasteiger partial charge in [0.1, 0.15) is 18.1 Å². The molecule has 0 saturated carbocycles. The highest BCUT2D eigenvalue weighted by atomic mass is 32.1. The molecule has 0 radical (unpaired) electrons. The van der Waals surface area contributed by atoms with Crippen molar-refractivity contribution in [1.29, 1.82) is 5.26 Å². The van der Waals surface area contributed by atoms with E-state index in [4.69, 9.17) is 0 Å². The van der Waals surface area contributed by atoms with Gasteiger partial charge in [-0.3, -0.25) is 0 Å². The Balaban J connectivity index is 1.39. The third kappa shape index (κ3) is 7.39. The molecular weight excluding hydrogens is 713 g/mol. The molecule has 0 amide bonds. The van der Waals surface area contributed by atoms with Crippen molar-refractivity contribution in [2.45, 2.75) is 13.8 Å². The first-order chi connectivity index (χ1) is 27.9. The number of allylic oxidation sites excluding steroid dienone is 5. The van der Waals surface area contributed by atoms with E-state index in [9.17, 15) is 5.26 Å². The van der Waals surface area contributed by atoms with Crippen molar-refractivity contribution >= 4 is 56.1 Å². The molecule has 8 rings (SSSR count). The minimum absolute atomic E-state index is 0.645. The van der Waals surface area contributed by atoms with Gasteiger partial charge in [-0.15, -0.1) is 11.3 Å². The molecular formula is C52H43N4S+. The van der Waals surface area contributed by atoms with Crippen LogP contribution in [0.2, 0.25) is 0 Å². The molecule has 0 bridgehead atoms. The molecule has 0 N–H and O–H groups in total. The van der Waals surface area contributed by atoms with E-state index in [1.54, 1.807) is 11.3 Å². The van der Waals surface area contributed by atoms with E-state index in [1.165, 1.54) is 0 Å². The van der Waals surface area contributed by atoms with Crippen LogP contribution in [0.4, 0.5) is 33.4 Å². The molecule has 1 aliphatic rings. The maximum absolute atomic E-state index is 11.3. The number of anilines is 5. The molecule has 0 spiro atoms. The van der Waals surface area contributed by atoms with E-state index in [0.29, 0.717) is 5.56 Å². The molecule has 5 heteroatoms. The third-order valence-electron chi connectivity index (χ3n) is 10.6. The summed E-state index contributed by atoms with van der Waals surface area (Å²) in [5.74, 6) is 0. The van der Waals surface area contributed by atoms with E-state index in [-0.39, 0.29) is 0 Å². The van der Waals surface area contributed by atoms with Crippen molar-refractivity contribution in [2.75, 3.05) is 23.9 Å². The molecule has 6 aromatic carbocycles. The van der Waals surface area contributed by atoms with Gasteiger partial charge < -0.3 is 9.80 Å². The zero-order valence-corrected chi connectivity index (χ0v) is 33.4. The number of thiophene rings is 1. The van der Waals surface area contributed by atoms with Crippen LogP contribution in [0.3, 0.4) is 0 Å². The fraction of sp³-hybridized carbons (Fsp3) is 0.0769. The van der Waals surface area contributed by atoms with Gasteiger partial charge in [0.05, 0.1) is 5.56 Å². The third-order valence-corrected chi connectivity index (χ3v) is 11.8. The van der Waals surface area contributed by atoms with Crippen molar-refractivity contribution in [3.8, 4) is 17.2 Å². The Morgan fingerprint density at radius 1 is 0.596 bits per heavy atom. The standard InChI is InChI=1S/C52H43N4S/c1-37-18-14-16-26-47(37)56(48-27-17-15-19-38(48)2)52-46(36-53)50(39-20-8-5-9-21-39)51(57-52)49(40-28-32-44(33-29-40)54(3)42-22-10-6-11-23-42)41-30-34-45(35-31-41)55(4)43-24-12-7-13-25-43/h5-35H,1-4H3/q+1. The normalized spacial score (nSPS) is 12.0. The average molecular weight is 756 g/mol. The molecule has 7 aromatic rings. The van der Waals surface area contributed by atoms with Crippen LogP contribution in [0.5, 0.6) is 0 Å². The lowest BCUT2D eigenvalue weighted by atomic mass is 9.90. The minimum atomic E-state index is 0.645. The summed E-state index contributed by atoms with van der Waals surface area (Å²) in [5, 5.41) is 12.2. The first-order valence-electron chi connectivity index (χ1n) is 19.1. The number of benzene rings is 6. The number of para-hydroxylation sites is 4. The van der Waals surface area contributed by atoms with Crippen LogP contribution in [0.1, 0.15) is 27.1 Å². The smallest absolute Gasteiger partial charge is 0.205 e. The molecule has 0 fully saturated rings. The SMILES string of the molecule is Cc1ccccc1N(c1ccccc1C)c1sc(C(=C2C=CC(=[N+](C)c3ccccc3)C=C2)c2ccc(N(C)c3ccccc3)cc2)c(-c2ccccc2)c1C#N. The average Bonchev–Trinajstić information content (AvgIpc) is 3.64. The second kappa shape index (κ2) is 16.4. The number of nitrogens with zero attached hydrogens (tertiary/aromatic N) is 4. The van der Waals surface area contributed by atoms with E-state index in [1.807, 2.05) is 18.2 Å². The summed E-state index contributed by atoms with van der Waals surface area (Å²) in [6, 6.07) is 59.6. The van der Waals surface area contributed by atoms with Gasteiger partial charge in [-0.2, -0.15) is 9.84 Å². The molecule has 0 aliphatic heterocycles. The molecule has 1 heterocycles. The van der Waals surface area contributed by atoms with Crippen molar-refractivity contribution in [1.82, 2.24) is 0 Å². The van der Waals surface area contributed by atoms with E-state index in [2.05, 4.69) is 218 Å². The summed E-state index contributed by atoms with van der Waals surface area (Å²) in [6.07, 6.45) is 8.81. The van der Waals surface area contributed by atoms with Gasteiger partial charge in [-0.1, -0.05) is 115 Å². The summed E-state index contributed by atoms with van der Waals surface area (Å²) in [5.41, 5.74) is 14.5. The first kappa shape index (κ1) is 36.9. The van der Waals surface area contributed by atoms with Gasteiger partial charge in [-0.25, -0.2) is 0 Å². The number of rotatable bonds is 9. The van der Waals surface area contributed by atoms with Gasteiger partial charge in [-0.05, 0) is 90.2 Å². The second-order valence-electron chi connectivity index (χ2n) is 14.1. The topological polar surface area (TPSA) is 33.3 Å². The zero-order chi connectivity index (χ0) is 39.3. The second-order valence-corrected chi connectivity index (χ2v) is 15.1. The van der Waals surface area contributed by atoms with Crippen LogP contribution in [0.25, 0.3) is 16.7 Å². The van der Waals surface area contributed by atoms with E-state index in [0.717, 1.165) is 83.0 Å². The Hall–Kier alpha value is -7.00. The predicted molar refractivity (Wildman–Crippen MR) is 241 cm³/mol. The molecule has 1 aliphatic carbocycles. The van der Waals surface area contributed by atoms with Crippen LogP contribution in [0, 0.1) is 25.2 Å². The highest BCUT2D eigenvalue weighted by molar-refractivity contribution is 7.18. The zero-order valence-electron chi connectivity index (χ0n) is 32.6. The first-order valence-corrected chi connectivity index (χ1v) is 19.9. The lowest BCUT2D eigenvalue weighted by Gasteiger charge is -2.27. The van der Waals surface area contributed by atoms with E-state index < -0.39 is 0 Å². The van der Waals surface area contributed by atoms with Crippen LogP contribution >= 0.6 is 11.3 Å². The monoisotopic (exact) mass is 755 g/mol. The Morgan fingerprint density at radius 2 is 1.11 bits per heavy atom. The number of hydrogen-bond acceptors (Lipinski definition) is 4. The molecule has 4 nitrogen and oxygen atoms in total. The molecule has 57 heavy (non-hydrogen) atoms. The Labute approximate surface area is 340 Å². The van der Waals surface area contributed by atoms with Crippen molar-refractivity contribution in [3.63, 3.8) is 0 Å². The van der Waals surface area contributed by atoms with Crippen molar-refractivity contribution < 1.29 is 4.58 Å². The summed E-state index contributed by atoms with van der Waals surface area (Å²) >= 11 is 1.68. The van der Waals surface area contributed by atoms with Crippen molar-refractivity contribution in [3.05, 3.63) is 221 Å². The Bertz CT molecular complexity index is 2650. The Morgan fingerprint density at radius 3 is 1.67 bits per heavy atom. The summed E-state index contributed by atoms with van der Waals surface area (Å²) < 4.78 is 2.20. The van der Waals surface area contributed by atoms with Gasteiger partial charge in [0, 0.05) is 70.1 Å². The van der Waals surface area contributed by atoms with E-state index >= 15 is 0 Å².